The maximum atomic E-state index is 9.72. The minimum absolute atomic E-state index is 0.201. The molecule has 1 aliphatic carbocycles. The summed E-state index contributed by atoms with van der Waals surface area (Å²) in [5.41, 5.74) is 8.33. The molecule has 3 N–H and O–H groups in total. The van der Waals surface area contributed by atoms with Gasteiger partial charge in [0.25, 0.3) is 0 Å². The minimum atomic E-state index is -0.428. The van der Waals surface area contributed by atoms with Gasteiger partial charge in [-0.2, -0.15) is 0 Å². The van der Waals surface area contributed by atoms with E-state index in [0.717, 1.165) is 24.0 Å². The molecule has 1 atom stereocenters. The van der Waals surface area contributed by atoms with Crippen LogP contribution in [0.5, 0.6) is 0 Å². The van der Waals surface area contributed by atoms with Crippen molar-refractivity contribution in [2.45, 2.75) is 44.2 Å². The topological polar surface area (TPSA) is 46.2 Å². The Hall–Kier alpha value is -0.860. The summed E-state index contributed by atoms with van der Waals surface area (Å²) in [5, 5.41) is 9.72. The van der Waals surface area contributed by atoms with Gasteiger partial charge >= 0.3 is 0 Å². The number of nitrogens with two attached hydrogens (primary N) is 1. The highest BCUT2D eigenvalue weighted by Crippen LogP contribution is 2.39. The standard InChI is InChI=1S/C13H19NO/c1-10(15)11-6-2-3-7-12(11)13(14)8-4-5-9-13/h2-3,6-7,10,15H,4-5,8-9,14H2,1H3. The SMILES string of the molecule is CC(O)c1ccccc1C1(N)CCCC1. The second-order valence-electron chi connectivity index (χ2n) is 4.63. The van der Waals surface area contributed by atoms with E-state index < -0.39 is 6.10 Å². The third kappa shape index (κ3) is 1.92. The van der Waals surface area contributed by atoms with Crippen LogP contribution < -0.4 is 5.73 Å². The Kier molecular flexibility index (Phi) is 2.81. The van der Waals surface area contributed by atoms with E-state index in [1.54, 1.807) is 6.92 Å². The highest BCUT2D eigenvalue weighted by atomic mass is 16.3. The second-order valence-corrected chi connectivity index (χ2v) is 4.63. The molecule has 0 aliphatic heterocycles. The maximum Gasteiger partial charge on any atom is 0.0765 e. The number of aliphatic hydroxyl groups excluding tert-OH is 1. The first-order valence-electron chi connectivity index (χ1n) is 5.70. The number of aliphatic hydroxyl groups is 1. The van der Waals surface area contributed by atoms with Crippen LogP contribution in [0, 0.1) is 0 Å². The lowest BCUT2D eigenvalue weighted by molar-refractivity contribution is 0.195. The summed E-state index contributed by atoms with van der Waals surface area (Å²) in [6, 6.07) is 8.01. The monoisotopic (exact) mass is 205 g/mol. The molecule has 1 aromatic carbocycles. The molecule has 1 aliphatic rings. The van der Waals surface area contributed by atoms with Crippen molar-refractivity contribution in [2.75, 3.05) is 0 Å². The van der Waals surface area contributed by atoms with Gasteiger partial charge in [-0.15, -0.1) is 0 Å². The predicted octanol–water partition coefficient (Wildman–Crippen LogP) is 2.47. The van der Waals surface area contributed by atoms with Gasteiger partial charge < -0.3 is 10.8 Å². The summed E-state index contributed by atoms with van der Waals surface area (Å²) >= 11 is 0. The van der Waals surface area contributed by atoms with Crippen molar-refractivity contribution in [2.24, 2.45) is 5.73 Å². The number of hydrogen-bond donors (Lipinski definition) is 2. The van der Waals surface area contributed by atoms with Crippen molar-refractivity contribution in [3.8, 4) is 0 Å². The predicted molar refractivity (Wildman–Crippen MR) is 61.4 cm³/mol. The van der Waals surface area contributed by atoms with E-state index in [2.05, 4.69) is 6.07 Å². The highest BCUT2D eigenvalue weighted by Gasteiger charge is 2.33. The van der Waals surface area contributed by atoms with E-state index in [0.29, 0.717) is 0 Å². The fraction of sp³-hybridized carbons (Fsp3) is 0.538. The zero-order valence-corrected chi connectivity index (χ0v) is 9.24. The number of hydrogen-bond acceptors (Lipinski definition) is 2. The summed E-state index contributed by atoms with van der Waals surface area (Å²) in [5.74, 6) is 0. The summed E-state index contributed by atoms with van der Waals surface area (Å²) in [6.07, 6.45) is 4.05. The quantitative estimate of drug-likeness (QED) is 0.779. The van der Waals surface area contributed by atoms with Gasteiger partial charge in [0.2, 0.25) is 0 Å². The van der Waals surface area contributed by atoms with Gasteiger partial charge in [0.1, 0.15) is 0 Å². The zero-order valence-electron chi connectivity index (χ0n) is 9.24. The second kappa shape index (κ2) is 3.95. The highest BCUT2D eigenvalue weighted by molar-refractivity contribution is 5.35. The largest absolute Gasteiger partial charge is 0.389 e. The molecule has 82 valence electrons. The Morgan fingerprint density at radius 3 is 2.47 bits per heavy atom. The van der Waals surface area contributed by atoms with Crippen LogP contribution in [0.25, 0.3) is 0 Å². The molecule has 2 rings (SSSR count). The average molecular weight is 205 g/mol. The van der Waals surface area contributed by atoms with Crippen LogP contribution in [0.2, 0.25) is 0 Å². The van der Waals surface area contributed by atoms with Gasteiger partial charge in [0.15, 0.2) is 0 Å². The fourth-order valence-corrected chi connectivity index (χ4v) is 2.59. The third-order valence-electron chi connectivity index (χ3n) is 3.44. The number of benzene rings is 1. The van der Waals surface area contributed by atoms with Crippen LogP contribution in [0.15, 0.2) is 24.3 Å². The molecule has 15 heavy (non-hydrogen) atoms. The van der Waals surface area contributed by atoms with Gasteiger partial charge in [-0.3, -0.25) is 0 Å². The molecule has 2 heteroatoms. The van der Waals surface area contributed by atoms with E-state index in [-0.39, 0.29) is 5.54 Å². The first-order valence-corrected chi connectivity index (χ1v) is 5.70. The lowest BCUT2D eigenvalue weighted by atomic mass is 9.84. The van der Waals surface area contributed by atoms with Crippen LogP contribution >= 0.6 is 0 Å². The first kappa shape index (κ1) is 10.7. The zero-order chi connectivity index (χ0) is 10.9. The fourth-order valence-electron chi connectivity index (χ4n) is 2.59. The van der Waals surface area contributed by atoms with Crippen molar-refractivity contribution >= 4 is 0 Å². The van der Waals surface area contributed by atoms with Crippen LogP contribution in [-0.2, 0) is 5.54 Å². The van der Waals surface area contributed by atoms with Crippen molar-refractivity contribution in [1.82, 2.24) is 0 Å². The van der Waals surface area contributed by atoms with E-state index in [1.165, 1.54) is 12.8 Å². The maximum absolute atomic E-state index is 9.72. The molecule has 1 unspecified atom stereocenters. The molecular weight excluding hydrogens is 186 g/mol. The van der Waals surface area contributed by atoms with Crippen molar-refractivity contribution in [3.05, 3.63) is 35.4 Å². The molecule has 1 saturated carbocycles. The molecule has 0 spiro atoms. The van der Waals surface area contributed by atoms with Crippen molar-refractivity contribution in [3.63, 3.8) is 0 Å². The van der Waals surface area contributed by atoms with E-state index in [4.69, 9.17) is 5.73 Å². The van der Waals surface area contributed by atoms with E-state index in [1.807, 2.05) is 18.2 Å². The molecular formula is C13H19NO. The van der Waals surface area contributed by atoms with Crippen LogP contribution in [0.1, 0.15) is 49.8 Å². The smallest absolute Gasteiger partial charge is 0.0765 e. The normalized spacial score (nSPS) is 21.5. The summed E-state index contributed by atoms with van der Waals surface area (Å²) in [4.78, 5) is 0. The number of rotatable bonds is 2. The molecule has 0 radical (unpaired) electrons. The van der Waals surface area contributed by atoms with Crippen LogP contribution in [-0.4, -0.2) is 5.11 Å². The Labute approximate surface area is 91.1 Å². The Morgan fingerprint density at radius 2 is 1.87 bits per heavy atom. The summed E-state index contributed by atoms with van der Waals surface area (Å²) in [6.45, 7) is 1.80. The van der Waals surface area contributed by atoms with Crippen LogP contribution in [0.4, 0.5) is 0 Å². The van der Waals surface area contributed by atoms with Gasteiger partial charge in [0, 0.05) is 5.54 Å². The third-order valence-corrected chi connectivity index (χ3v) is 3.44. The summed E-state index contributed by atoms with van der Waals surface area (Å²) < 4.78 is 0. The average Bonchev–Trinajstić information content (AvgIpc) is 2.66. The van der Waals surface area contributed by atoms with Crippen molar-refractivity contribution < 1.29 is 5.11 Å². The van der Waals surface area contributed by atoms with Gasteiger partial charge in [-0.05, 0) is 30.9 Å². The first-order chi connectivity index (χ1) is 7.13. The molecule has 0 heterocycles. The van der Waals surface area contributed by atoms with Crippen LogP contribution in [0.3, 0.4) is 0 Å². The van der Waals surface area contributed by atoms with E-state index in [9.17, 15) is 5.11 Å². The molecule has 0 aromatic heterocycles. The minimum Gasteiger partial charge on any atom is -0.389 e. The van der Waals surface area contributed by atoms with Crippen molar-refractivity contribution in [1.29, 1.82) is 0 Å². The molecule has 0 bridgehead atoms. The molecule has 1 aromatic rings. The van der Waals surface area contributed by atoms with Gasteiger partial charge in [0.05, 0.1) is 6.10 Å². The molecule has 0 saturated heterocycles. The lowest BCUT2D eigenvalue weighted by Gasteiger charge is -2.27. The van der Waals surface area contributed by atoms with Gasteiger partial charge in [-0.1, -0.05) is 37.1 Å². The molecule has 2 nitrogen and oxygen atoms in total. The molecule has 1 fully saturated rings. The van der Waals surface area contributed by atoms with E-state index >= 15 is 0 Å². The molecule has 0 amide bonds. The summed E-state index contributed by atoms with van der Waals surface area (Å²) in [7, 11) is 0. The Bertz CT molecular complexity index is 340. The Morgan fingerprint density at radius 1 is 1.27 bits per heavy atom. The Balaban J connectivity index is 2.42. The lowest BCUT2D eigenvalue weighted by Crippen LogP contribution is -2.34. The van der Waals surface area contributed by atoms with Gasteiger partial charge in [-0.25, -0.2) is 0 Å².